The van der Waals surface area contributed by atoms with E-state index in [1.165, 1.54) is 0 Å². The number of hydrogen-bond donors (Lipinski definition) is 1. The minimum atomic E-state index is 0.294. The predicted octanol–water partition coefficient (Wildman–Crippen LogP) is 0.828. The Labute approximate surface area is 120 Å². The molecule has 0 bridgehead atoms. The third-order valence-electron chi connectivity index (χ3n) is 3.38. The van der Waals surface area contributed by atoms with E-state index in [0.29, 0.717) is 12.7 Å². The van der Waals surface area contributed by atoms with Crippen LogP contribution in [0.4, 0.5) is 5.95 Å². The average Bonchev–Trinajstić information content (AvgIpc) is 2.52. The molecule has 20 heavy (non-hydrogen) atoms. The van der Waals surface area contributed by atoms with Crippen LogP contribution in [0.15, 0.2) is 12.4 Å². The monoisotopic (exact) mass is 280 g/mol. The standard InChI is InChI=1S/C14H24N4O2/c1-3-13-11-18(5-7-20-13)14-16-9-12(10-17-14)8-15-4-6-19-2/h9-10,13,15H,3-8,11H2,1-2H3. The molecule has 1 aliphatic rings. The number of rotatable bonds is 7. The van der Waals surface area contributed by atoms with Crippen LogP contribution in [-0.2, 0) is 16.0 Å². The summed E-state index contributed by atoms with van der Waals surface area (Å²) in [6.45, 7) is 6.95. The average molecular weight is 280 g/mol. The third kappa shape index (κ3) is 4.40. The smallest absolute Gasteiger partial charge is 0.225 e. The second-order valence-electron chi connectivity index (χ2n) is 4.91. The van der Waals surface area contributed by atoms with Crippen molar-refractivity contribution in [2.24, 2.45) is 0 Å². The first-order valence-corrected chi connectivity index (χ1v) is 7.20. The van der Waals surface area contributed by atoms with Crippen molar-refractivity contribution >= 4 is 5.95 Å². The molecule has 2 rings (SSSR count). The molecule has 0 amide bonds. The molecule has 1 unspecified atom stereocenters. The maximum Gasteiger partial charge on any atom is 0.225 e. The molecule has 2 heterocycles. The van der Waals surface area contributed by atoms with E-state index in [4.69, 9.17) is 9.47 Å². The summed E-state index contributed by atoms with van der Waals surface area (Å²) in [6.07, 6.45) is 5.09. The highest BCUT2D eigenvalue weighted by Gasteiger charge is 2.20. The molecule has 1 aliphatic heterocycles. The minimum Gasteiger partial charge on any atom is -0.383 e. The topological polar surface area (TPSA) is 59.5 Å². The summed E-state index contributed by atoms with van der Waals surface area (Å²) < 4.78 is 10.6. The second kappa shape index (κ2) is 8.14. The molecule has 112 valence electrons. The maximum absolute atomic E-state index is 5.66. The van der Waals surface area contributed by atoms with Crippen molar-refractivity contribution in [3.63, 3.8) is 0 Å². The van der Waals surface area contributed by atoms with E-state index in [1.807, 2.05) is 12.4 Å². The van der Waals surface area contributed by atoms with Crippen molar-refractivity contribution in [1.82, 2.24) is 15.3 Å². The Morgan fingerprint density at radius 3 is 2.95 bits per heavy atom. The zero-order valence-corrected chi connectivity index (χ0v) is 12.3. The number of methoxy groups -OCH3 is 1. The Bertz CT molecular complexity index is 385. The molecule has 1 fully saturated rings. The van der Waals surface area contributed by atoms with E-state index >= 15 is 0 Å². The highest BCUT2D eigenvalue weighted by molar-refractivity contribution is 5.30. The van der Waals surface area contributed by atoms with Crippen LogP contribution in [0.3, 0.4) is 0 Å². The lowest BCUT2D eigenvalue weighted by Gasteiger charge is -2.32. The predicted molar refractivity (Wildman–Crippen MR) is 77.9 cm³/mol. The van der Waals surface area contributed by atoms with Gasteiger partial charge in [0.15, 0.2) is 0 Å². The Morgan fingerprint density at radius 2 is 2.25 bits per heavy atom. The largest absolute Gasteiger partial charge is 0.383 e. The summed E-state index contributed by atoms with van der Waals surface area (Å²) in [7, 11) is 1.70. The highest BCUT2D eigenvalue weighted by Crippen LogP contribution is 2.14. The molecule has 6 heteroatoms. The lowest BCUT2D eigenvalue weighted by Crippen LogP contribution is -2.43. The highest BCUT2D eigenvalue weighted by atomic mass is 16.5. The van der Waals surface area contributed by atoms with E-state index in [0.717, 1.165) is 50.7 Å². The SMILES string of the molecule is CCC1CN(c2ncc(CNCCOC)cn2)CCO1. The zero-order valence-electron chi connectivity index (χ0n) is 12.3. The molecule has 6 nitrogen and oxygen atoms in total. The first kappa shape index (κ1) is 15.2. The molecular formula is C14H24N4O2. The van der Waals surface area contributed by atoms with Gasteiger partial charge < -0.3 is 19.7 Å². The summed E-state index contributed by atoms with van der Waals surface area (Å²) in [6, 6.07) is 0. The summed E-state index contributed by atoms with van der Waals surface area (Å²) in [4.78, 5) is 11.1. The van der Waals surface area contributed by atoms with Crippen LogP contribution in [-0.4, -0.2) is 56.0 Å². The number of aromatic nitrogens is 2. The maximum atomic E-state index is 5.66. The van der Waals surface area contributed by atoms with Crippen molar-refractivity contribution in [1.29, 1.82) is 0 Å². The number of hydrogen-bond acceptors (Lipinski definition) is 6. The van der Waals surface area contributed by atoms with Crippen molar-refractivity contribution in [2.45, 2.75) is 26.0 Å². The van der Waals surface area contributed by atoms with Crippen LogP contribution in [0, 0.1) is 0 Å². The van der Waals surface area contributed by atoms with Gasteiger partial charge >= 0.3 is 0 Å². The van der Waals surface area contributed by atoms with Crippen molar-refractivity contribution < 1.29 is 9.47 Å². The minimum absolute atomic E-state index is 0.294. The lowest BCUT2D eigenvalue weighted by molar-refractivity contribution is 0.0379. The van der Waals surface area contributed by atoms with E-state index in [-0.39, 0.29) is 0 Å². The third-order valence-corrected chi connectivity index (χ3v) is 3.38. The van der Waals surface area contributed by atoms with Crippen molar-refractivity contribution in [3.05, 3.63) is 18.0 Å². The molecule has 1 saturated heterocycles. The van der Waals surface area contributed by atoms with E-state index in [2.05, 4.69) is 27.1 Å². The van der Waals surface area contributed by atoms with Gasteiger partial charge in [0.25, 0.3) is 0 Å². The fourth-order valence-corrected chi connectivity index (χ4v) is 2.16. The Kier molecular flexibility index (Phi) is 6.17. The molecule has 0 aromatic carbocycles. The fourth-order valence-electron chi connectivity index (χ4n) is 2.16. The number of morpholine rings is 1. The quantitative estimate of drug-likeness (QED) is 0.747. The summed E-state index contributed by atoms with van der Waals surface area (Å²) in [5, 5.41) is 3.28. The van der Waals surface area contributed by atoms with Gasteiger partial charge in [-0.25, -0.2) is 9.97 Å². The van der Waals surface area contributed by atoms with Gasteiger partial charge in [-0.05, 0) is 6.42 Å². The summed E-state index contributed by atoms with van der Waals surface area (Å²) in [5.74, 6) is 0.799. The molecule has 0 spiro atoms. The second-order valence-corrected chi connectivity index (χ2v) is 4.91. The van der Waals surface area contributed by atoms with Gasteiger partial charge in [-0.1, -0.05) is 6.92 Å². The Balaban J connectivity index is 1.84. The molecule has 1 aromatic rings. The van der Waals surface area contributed by atoms with E-state index in [9.17, 15) is 0 Å². The van der Waals surface area contributed by atoms with Gasteiger partial charge in [-0.2, -0.15) is 0 Å². The fraction of sp³-hybridized carbons (Fsp3) is 0.714. The number of ether oxygens (including phenoxy) is 2. The number of nitrogens with one attached hydrogen (secondary N) is 1. The van der Waals surface area contributed by atoms with Crippen molar-refractivity contribution in [2.75, 3.05) is 44.9 Å². The van der Waals surface area contributed by atoms with Gasteiger partial charge in [0.1, 0.15) is 0 Å². The Hall–Kier alpha value is -1.24. The van der Waals surface area contributed by atoms with E-state index < -0.39 is 0 Å². The first-order chi connectivity index (χ1) is 9.83. The Morgan fingerprint density at radius 1 is 1.45 bits per heavy atom. The van der Waals surface area contributed by atoms with Gasteiger partial charge in [-0.3, -0.25) is 0 Å². The molecule has 0 saturated carbocycles. The van der Waals surface area contributed by atoms with Crippen LogP contribution in [0.25, 0.3) is 0 Å². The molecule has 1 N–H and O–H groups in total. The lowest BCUT2D eigenvalue weighted by atomic mass is 10.2. The van der Waals surface area contributed by atoms with Gasteiger partial charge in [0, 0.05) is 51.2 Å². The molecule has 0 aliphatic carbocycles. The normalized spacial score (nSPS) is 19.3. The van der Waals surface area contributed by atoms with Gasteiger partial charge in [-0.15, -0.1) is 0 Å². The number of anilines is 1. The van der Waals surface area contributed by atoms with Gasteiger partial charge in [0.05, 0.1) is 19.3 Å². The molecule has 1 atom stereocenters. The van der Waals surface area contributed by atoms with Crippen LogP contribution in [0.5, 0.6) is 0 Å². The number of nitrogens with zero attached hydrogens (tertiary/aromatic N) is 3. The van der Waals surface area contributed by atoms with Crippen LogP contribution in [0.2, 0.25) is 0 Å². The van der Waals surface area contributed by atoms with Crippen molar-refractivity contribution in [3.8, 4) is 0 Å². The summed E-state index contributed by atoms with van der Waals surface area (Å²) >= 11 is 0. The van der Waals surface area contributed by atoms with E-state index in [1.54, 1.807) is 7.11 Å². The first-order valence-electron chi connectivity index (χ1n) is 7.20. The summed E-state index contributed by atoms with van der Waals surface area (Å²) in [5.41, 5.74) is 1.09. The zero-order chi connectivity index (χ0) is 14.2. The van der Waals surface area contributed by atoms with Gasteiger partial charge in [0.2, 0.25) is 5.95 Å². The molecular weight excluding hydrogens is 256 g/mol. The molecule has 1 aromatic heterocycles. The van der Waals surface area contributed by atoms with Crippen LogP contribution >= 0.6 is 0 Å². The molecule has 0 radical (unpaired) electrons. The van der Waals surface area contributed by atoms with Crippen LogP contribution in [0.1, 0.15) is 18.9 Å². The van der Waals surface area contributed by atoms with Crippen LogP contribution < -0.4 is 10.2 Å².